The fraction of sp³-hybridized carbons (Fsp3) is 0.538. The van der Waals surface area contributed by atoms with Crippen LogP contribution < -0.4 is 22.5 Å². The first-order chi connectivity index (χ1) is 17.5. The molecule has 0 atom stereocenters. The number of amides is 3. The fourth-order valence-electron chi connectivity index (χ4n) is 4.74. The van der Waals surface area contributed by atoms with Crippen LogP contribution in [0.2, 0.25) is 0 Å². The van der Waals surface area contributed by atoms with Gasteiger partial charge in [0.15, 0.2) is 0 Å². The number of aryl methyl sites for hydroxylation is 1. The van der Waals surface area contributed by atoms with Crippen molar-refractivity contribution in [3.8, 4) is 5.69 Å². The maximum atomic E-state index is 12.8. The van der Waals surface area contributed by atoms with Crippen LogP contribution >= 0.6 is 12.4 Å². The second-order valence-electron chi connectivity index (χ2n) is 10.6. The molecule has 12 heteroatoms. The van der Waals surface area contributed by atoms with Crippen molar-refractivity contribution in [3.63, 3.8) is 0 Å². The lowest BCUT2D eigenvalue weighted by molar-refractivity contribution is -0.137. The van der Waals surface area contributed by atoms with Crippen molar-refractivity contribution >= 4 is 30.2 Å². The highest BCUT2D eigenvalue weighted by molar-refractivity contribution is 5.89. The Hall–Kier alpha value is -2.99. The molecule has 2 aliphatic heterocycles. The minimum atomic E-state index is -0.945. The smallest absolute Gasteiger partial charge is 0.338 e. The molecule has 2 saturated heterocycles. The number of halogens is 1. The molecule has 2 fully saturated rings. The monoisotopic (exact) mass is 546 g/mol. The van der Waals surface area contributed by atoms with Crippen LogP contribution in [0.25, 0.3) is 5.69 Å². The molecule has 0 saturated carbocycles. The summed E-state index contributed by atoms with van der Waals surface area (Å²) in [4.78, 5) is 47.5. The highest BCUT2D eigenvalue weighted by Crippen LogP contribution is 2.18. The maximum Gasteiger partial charge on any atom is 0.354 e. The van der Waals surface area contributed by atoms with E-state index in [1.807, 2.05) is 19.1 Å². The van der Waals surface area contributed by atoms with Crippen molar-refractivity contribution in [2.45, 2.75) is 51.7 Å². The van der Waals surface area contributed by atoms with Gasteiger partial charge in [-0.2, -0.15) is 4.98 Å². The molecule has 0 spiro atoms. The first kappa shape index (κ1) is 29.6. The summed E-state index contributed by atoms with van der Waals surface area (Å²) in [5, 5.41) is 2.69. The van der Waals surface area contributed by atoms with E-state index in [1.54, 1.807) is 35.9 Å². The van der Waals surface area contributed by atoms with Crippen LogP contribution in [0.15, 0.2) is 35.3 Å². The summed E-state index contributed by atoms with van der Waals surface area (Å²) in [6.07, 6.45) is 3.65. The van der Waals surface area contributed by atoms with E-state index in [4.69, 9.17) is 11.5 Å². The quantitative estimate of drug-likeness (QED) is 0.513. The molecular weight excluding hydrogens is 508 g/mol. The number of hydrogen-bond donors (Lipinski definition) is 3. The van der Waals surface area contributed by atoms with E-state index in [-0.39, 0.29) is 30.2 Å². The van der Waals surface area contributed by atoms with Crippen molar-refractivity contribution in [1.82, 2.24) is 24.3 Å². The lowest BCUT2D eigenvalue weighted by atomic mass is 10.0. The van der Waals surface area contributed by atoms with Crippen LogP contribution in [0.5, 0.6) is 0 Å². The highest BCUT2D eigenvalue weighted by atomic mass is 35.5. The number of carbonyl (C=O) groups is 2. The minimum Gasteiger partial charge on any atom is -0.338 e. The van der Waals surface area contributed by atoms with Crippen molar-refractivity contribution in [1.29, 1.82) is 0 Å². The Balaban J connectivity index is 0.00000400. The number of anilines is 1. The zero-order valence-electron chi connectivity index (χ0n) is 22.4. The Kier molecular flexibility index (Phi) is 9.53. The molecular formula is C26H39ClN8O3. The summed E-state index contributed by atoms with van der Waals surface area (Å²) in [7, 11) is 0. The zero-order chi connectivity index (χ0) is 26.7. The Morgan fingerprint density at radius 3 is 2.26 bits per heavy atom. The number of piperazine rings is 1. The van der Waals surface area contributed by atoms with Gasteiger partial charge in [0.1, 0.15) is 5.82 Å². The fourth-order valence-corrected chi connectivity index (χ4v) is 4.74. The molecule has 0 radical (unpaired) electrons. The zero-order valence-corrected chi connectivity index (χ0v) is 23.2. The minimum absolute atomic E-state index is 0. The Morgan fingerprint density at radius 1 is 1.05 bits per heavy atom. The Labute approximate surface area is 229 Å². The van der Waals surface area contributed by atoms with E-state index < -0.39 is 11.2 Å². The number of nitrogens with zero attached hydrogens (tertiary/aromatic N) is 5. The molecule has 0 unspecified atom stereocenters. The molecule has 1 aromatic carbocycles. The number of urea groups is 1. The number of nitrogens with one attached hydrogen (secondary N) is 1. The molecule has 3 amide bonds. The van der Waals surface area contributed by atoms with Crippen LogP contribution in [0, 0.1) is 6.92 Å². The number of rotatable bonds is 5. The number of benzene rings is 1. The molecule has 2 aliphatic rings. The first-order valence-electron chi connectivity index (χ1n) is 12.8. The third-order valence-electron chi connectivity index (χ3n) is 7.07. The van der Waals surface area contributed by atoms with Gasteiger partial charge in [-0.15, -0.1) is 12.4 Å². The van der Waals surface area contributed by atoms with Gasteiger partial charge in [0.25, 0.3) is 0 Å². The van der Waals surface area contributed by atoms with Gasteiger partial charge in [0.2, 0.25) is 5.91 Å². The van der Waals surface area contributed by atoms with Gasteiger partial charge in [-0.1, -0.05) is 6.07 Å². The molecule has 1 aromatic heterocycles. The van der Waals surface area contributed by atoms with Crippen LogP contribution in [0.3, 0.4) is 0 Å². The lowest BCUT2D eigenvalue weighted by Gasteiger charge is -2.37. The summed E-state index contributed by atoms with van der Waals surface area (Å²) in [6, 6.07) is 7.51. The van der Waals surface area contributed by atoms with E-state index in [0.717, 1.165) is 43.7 Å². The largest absolute Gasteiger partial charge is 0.354 e. The van der Waals surface area contributed by atoms with Gasteiger partial charge in [-0.25, -0.2) is 9.59 Å². The van der Waals surface area contributed by atoms with E-state index in [2.05, 4.69) is 21.3 Å². The third kappa shape index (κ3) is 7.10. The van der Waals surface area contributed by atoms with Crippen molar-refractivity contribution in [2.24, 2.45) is 11.5 Å². The molecule has 208 valence electrons. The van der Waals surface area contributed by atoms with Gasteiger partial charge < -0.3 is 21.3 Å². The summed E-state index contributed by atoms with van der Waals surface area (Å²) in [5.74, 6) is 0.0434. The standard InChI is InChI=1S/C26H38N8O3.ClH/c1-18-16-21(5-4-19(18)17-31-9-6-20(27)7-10-31)34-11-8-22(30-25(34)37)29-24(36)33-14-12-32(13-15-33)23(35)26(2,3)28;/h4-5,8,11,16,20H,6-7,9-10,12-15,17,27-28H2,1-3H3,(H,29,30,36,37);1H. The molecule has 0 aliphatic carbocycles. The molecule has 0 bridgehead atoms. The molecule has 38 heavy (non-hydrogen) atoms. The van der Waals surface area contributed by atoms with Crippen LogP contribution in [0.1, 0.15) is 37.8 Å². The van der Waals surface area contributed by atoms with Crippen LogP contribution in [-0.2, 0) is 11.3 Å². The van der Waals surface area contributed by atoms with Gasteiger partial charge >= 0.3 is 11.7 Å². The molecule has 2 aromatic rings. The summed E-state index contributed by atoms with van der Waals surface area (Å²) < 4.78 is 1.46. The van der Waals surface area contributed by atoms with Crippen LogP contribution in [-0.4, -0.2) is 87.0 Å². The Bertz CT molecular complexity index is 1200. The molecule has 4 rings (SSSR count). The number of aromatic nitrogens is 2. The second kappa shape index (κ2) is 12.2. The van der Waals surface area contributed by atoms with E-state index in [9.17, 15) is 14.4 Å². The number of nitrogens with two attached hydrogens (primary N) is 2. The third-order valence-corrected chi connectivity index (χ3v) is 7.07. The number of piperidine rings is 1. The predicted octanol–water partition coefficient (Wildman–Crippen LogP) is 1.30. The molecule has 3 heterocycles. The summed E-state index contributed by atoms with van der Waals surface area (Å²) in [5.41, 5.74) is 13.5. The summed E-state index contributed by atoms with van der Waals surface area (Å²) >= 11 is 0. The van der Waals surface area contributed by atoms with Crippen molar-refractivity contribution < 1.29 is 9.59 Å². The van der Waals surface area contributed by atoms with E-state index >= 15 is 0 Å². The van der Waals surface area contributed by atoms with Crippen LogP contribution in [0.4, 0.5) is 10.6 Å². The second-order valence-corrected chi connectivity index (χ2v) is 10.6. The SMILES string of the molecule is Cc1cc(-n2ccc(NC(=O)N3CCN(C(=O)C(C)(C)N)CC3)nc2=O)ccc1CN1CCC(N)CC1.Cl. The average molecular weight is 547 g/mol. The highest BCUT2D eigenvalue weighted by Gasteiger charge is 2.31. The number of likely N-dealkylation sites (tertiary alicyclic amines) is 1. The number of hydrogen-bond acceptors (Lipinski definition) is 7. The Morgan fingerprint density at radius 2 is 1.68 bits per heavy atom. The van der Waals surface area contributed by atoms with Gasteiger partial charge in [-0.3, -0.25) is 19.6 Å². The first-order valence-corrected chi connectivity index (χ1v) is 12.8. The normalized spacial score (nSPS) is 17.2. The number of carbonyl (C=O) groups excluding carboxylic acids is 2. The predicted molar refractivity (Wildman–Crippen MR) is 150 cm³/mol. The van der Waals surface area contributed by atoms with Crippen molar-refractivity contribution in [3.05, 3.63) is 52.1 Å². The average Bonchev–Trinajstić information content (AvgIpc) is 2.86. The maximum absolute atomic E-state index is 12.8. The van der Waals surface area contributed by atoms with E-state index in [0.29, 0.717) is 32.2 Å². The lowest BCUT2D eigenvalue weighted by Crippen LogP contribution is -2.58. The molecule has 5 N–H and O–H groups in total. The topological polar surface area (TPSA) is 143 Å². The summed E-state index contributed by atoms with van der Waals surface area (Å²) in [6.45, 7) is 9.81. The molecule has 11 nitrogen and oxygen atoms in total. The van der Waals surface area contributed by atoms with Gasteiger partial charge in [0, 0.05) is 45.0 Å². The van der Waals surface area contributed by atoms with Gasteiger partial charge in [-0.05, 0) is 76.0 Å². The van der Waals surface area contributed by atoms with Gasteiger partial charge in [0.05, 0.1) is 11.2 Å². The van der Waals surface area contributed by atoms with E-state index in [1.165, 1.54) is 10.1 Å². The van der Waals surface area contributed by atoms with Crippen molar-refractivity contribution in [2.75, 3.05) is 44.6 Å².